The highest BCUT2D eigenvalue weighted by molar-refractivity contribution is 7.20. The van der Waals surface area contributed by atoms with Crippen LogP contribution < -0.4 is 10.1 Å². The SMILES string of the molecule is COc1cccc(NC(=O)[C@H](C)OC(=O)c2cc3cc([N+](=O)[O-])ccc3s2)c1. The third kappa shape index (κ3) is 4.26. The Morgan fingerprint density at radius 1 is 1.18 bits per heavy atom. The average molecular weight is 400 g/mol. The summed E-state index contributed by atoms with van der Waals surface area (Å²) in [5.41, 5.74) is 0.456. The van der Waals surface area contributed by atoms with Crippen molar-refractivity contribution in [2.45, 2.75) is 13.0 Å². The lowest BCUT2D eigenvalue weighted by Gasteiger charge is -2.13. The molecule has 3 aromatic rings. The minimum atomic E-state index is -1.03. The van der Waals surface area contributed by atoms with Gasteiger partial charge in [0.05, 0.1) is 12.0 Å². The number of hydrogen-bond acceptors (Lipinski definition) is 7. The molecule has 28 heavy (non-hydrogen) atoms. The lowest BCUT2D eigenvalue weighted by molar-refractivity contribution is -0.384. The molecular weight excluding hydrogens is 384 g/mol. The normalized spacial score (nSPS) is 11.6. The highest BCUT2D eigenvalue weighted by Crippen LogP contribution is 2.29. The molecule has 1 N–H and O–H groups in total. The van der Waals surface area contributed by atoms with E-state index in [2.05, 4.69) is 5.32 Å². The lowest BCUT2D eigenvalue weighted by atomic mass is 10.2. The van der Waals surface area contributed by atoms with Crippen molar-refractivity contribution < 1.29 is 24.0 Å². The molecule has 9 heteroatoms. The van der Waals surface area contributed by atoms with Crippen molar-refractivity contribution in [1.82, 2.24) is 0 Å². The van der Waals surface area contributed by atoms with E-state index in [-0.39, 0.29) is 10.6 Å². The van der Waals surface area contributed by atoms with Crippen LogP contribution in [0.15, 0.2) is 48.5 Å². The summed E-state index contributed by atoms with van der Waals surface area (Å²) in [4.78, 5) is 35.2. The second-order valence-electron chi connectivity index (χ2n) is 5.86. The molecule has 8 nitrogen and oxygen atoms in total. The molecular formula is C19H16N2O6S. The van der Waals surface area contributed by atoms with Gasteiger partial charge in [-0.1, -0.05) is 6.07 Å². The van der Waals surface area contributed by atoms with Crippen molar-refractivity contribution in [3.05, 3.63) is 63.5 Å². The molecule has 0 spiro atoms. The fourth-order valence-corrected chi connectivity index (χ4v) is 3.39. The van der Waals surface area contributed by atoms with Crippen molar-refractivity contribution in [2.75, 3.05) is 12.4 Å². The summed E-state index contributed by atoms with van der Waals surface area (Å²) in [5.74, 6) is -0.572. The molecule has 1 amide bonds. The van der Waals surface area contributed by atoms with Gasteiger partial charge in [0.2, 0.25) is 0 Å². The van der Waals surface area contributed by atoms with Gasteiger partial charge in [0.25, 0.3) is 11.6 Å². The van der Waals surface area contributed by atoms with E-state index in [0.29, 0.717) is 21.5 Å². The molecule has 2 aromatic carbocycles. The zero-order valence-electron chi connectivity index (χ0n) is 15.0. The maximum Gasteiger partial charge on any atom is 0.349 e. The number of nitrogens with one attached hydrogen (secondary N) is 1. The summed E-state index contributed by atoms with van der Waals surface area (Å²) >= 11 is 1.14. The van der Waals surface area contributed by atoms with Crippen molar-refractivity contribution in [2.24, 2.45) is 0 Å². The second-order valence-corrected chi connectivity index (χ2v) is 6.94. The summed E-state index contributed by atoms with van der Waals surface area (Å²) in [5, 5.41) is 14.1. The van der Waals surface area contributed by atoms with Gasteiger partial charge in [-0.3, -0.25) is 14.9 Å². The van der Waals surface area contributed by atoms with Gasteiger partial charge in [0.1, 0.15) is 10.6 Å². The van der Waals surface area contributed by atoms with Crippen LogP contribution in [-0.2, 0) is 9.53 Å². The number of benzene rings is 2. The van der Waals surface area contributed by atoms with E-state index in [1.54, 1.807) is 30.3 Å². The minimum Gasteiger partial charge on any atom is -0.497 e. The molecule has 0 aliphatic carbocycles. The number of nitro groups is 1. The third-order valence-corrected chi connectivity index (χ3v) is 5.00. The Morgan fingerprint density at radius 2 is 1.96 bits per heavy atom. The molecule has 1 heterocycles. The highest BCUT2D eigenvalue weighted by atomic mass is 32.1. The number of amides is 1. The van der Waals surface area contributed by atoms with E-state index >= 15 is 0 Å². The van der Waals surface area contributed by atoms with E-state index in [1.165, 1.54) is 32.2 Å². The number of non-ortho nitro benzene ring substituents is 1. The number of esters is 1. The molecule has 0 saturated heterocycles. The number of rotatable bonds is 6. The summed E-state index contributed by atoms with van der Waals surface area (Å²) in [7, 11) is 1.52. The van der Waals surface area contributed by atoms with Crippen LogP contribution in [0.5, 0.6) is 5.75 Å². The number of carbonyl (C=O) groups excluding carboxylic acids is 2. The first-order valence-corrected chi connectivity index (χ1v) is 9.03. The van der Waals surface area contributed by atoms with Crippen LogP contribution in [0.1, 0.15) is 16.6 Å². The summed E-state index contributed by atoms with van der Waals surface area (Å²) in [6.45, 7) is 1.46. The molecule has 0 fully saturated rings. The second kappa shape index (κ2) is 8.05. The average Bonchev–Trinajstić information content (AvgIpc) is 3.11. The molecule has 0 aliphatic rings. The molecule has 0 unspecified atom stereocenters. The van der Waals surface area contributed by atoms with E-state index in [4.69, 9.17) is 9.47 Å². The predicted molar refractivity (Wildman–Crippen MR) is 105 cm³/mol. The third-order valence-electron chi connectivity index (χ3n) is 3.90. The number of thiophene rings is 1. The number of fused-ring (bicyclic) bond motifs is 1. The number of nitro benzene ring substituents is 1. The summed E-state index contributed by atoms with van der Waals surface area (Å²) < 4.78 is 11.0. The van der Waals surface area contributed by atoms with Crippen LogP contribution in [0.2, 0.25) is 0 Å². The van der Waals surface area contributed by atoms with Crippen molar-refractivity contribution in [3.8, 4) is 5.75 Å². The van der Waals surface area contributed by atoms with Gasteiger partial charge in [-0.15, -0.1) is 11.3 Å². The van der Waals surface area contributed by atoms with Crippen LogP contribution in [0.4, 0.5) is 11.4 Å². The van der Waals surface area contributed by atoms with Gasteiger partial charge in [-0.2, -0.15) is 0 Å². The number of anilines is 1. The smallest absolute Gasteiger partial charge is 0.349 e. The van der Waals surface area contributed by atoms with Gasteiger partial charge >= 0.3 is 5.97 Å². The first-order valence-electron chi connectivity index (χ1n) is 8.21. The Bertz CT molecular complexity index is 1060. The van der Waals surface area contributed by atoms with Gasteiger partial charge in [0.15, 0.2) is 6.10 Å². The van der Waals surface area contributed by atoms with Crippen LogP contribution in [0.25, 0.3) is 10.1 Å². The monoisotopic (exact) mass is 400 g/mol. The summed E-state index contributed by atoms with van der Waals surface area (Å²) in [6.07, 6.45) is -1.03. The van der Waals surface area contributed by atoms with E-state index < -0.39 is 22.9 Å². The highest BCUT2D eigenvalue weighted by Gasteiger charge is 2.21. The largest absolute Gasteiger partial charge is 0.497 e. The zero-order valence-corrected chi connectivity index (χ0v) is 15.8. The molecule has 0 bridgehead atoms. The Balaban J connectivity index is 1.68. The number of nitrogens with zero attached hydrogens (tertiary/aromatic N) is 1. The quantitative estimate of drug-likeness (QED) is 0.381. The number of hydrogen-bond donors (Lipinski definition) is 1. The van der Waals surface area contributed by atoms with Crippen LogP contribution in [0, 0.1) is 10.1 Å². The Labute approximate surface area is 163 Å². The zero-order chi connectivity index (χ0) is 20.3. The fraction of sp³-hybridized carbons (Fsp3) is 0.158. The summed E-state index contributed by atoms with van der Waals surface area (Å²) in [6, 6.07) is 12.7. The van der Waals surface area contributed by atoms with E-state index in [0.717, 1.165) is 11.3 Å². The lowest BCUT2D eigenvalue weighted by Crippen LogP contribution is -2.29. The topological polar surface area (TPSA) is 108 Å². The number of methoxy groups -OCH3 is 1. The number of carbonyl (C=O) groups is 2. The molecule has 1 aromatic heterocycles. The van der Waals surface area contributed by atoms with Gasteiger partial charge in [-0.05, 0) is 31.2 Å². The van der Waals surface area contributed by atoms with Crippen molar-refractivity contribution in [3.63, 3.8) is 0 Å². The van der Waals surface area contributed by atoms with Gasteiger partial charge < -0.3 is 14.8 Å². The molecule has 0 aliphatic heterocycles. The van der Waals surface area contributed by atoms with E-state index in [9.17, 15) is 19.7 Å². The van der Waals surface area contributed by atoms with Crippen molar-refractivity contribution in [1.29, 1.82) is 0 Å². The Kier molecular flexibility index (Phi) is 5.55. The maximum absolute atomic E-state index is 12.4. The maximum atomic E-state index is 12.4. The van der Waals surface area contributed by atoms with Crippen LogP contribution >= 0.6 is 11.3 Å². The van der Waals surface area contributed by atoms with E-state index in [1.807, 2.05) is 0 Å². The van der Waals surface area contributed by atoms with Gasteiger partial charge in [-0.25, -0.2) is 4.79 Å². The molecule has 0 radical (unpaired) electrons. The standard InChI is InChI=1S/C19H16N2O6S/c1-11(18(22)20-13-4-3-5-15(10-13)26-2)27-19(23)17-9-12-8-14(21(24)25)6-7-16(12)28-17/h3-11H,1-2H3,(H,20,22)/t11-/m0/s1. The van der Waals surface area contributed by atoms with Crippen LogP contribution in [-0.4, -0.2) is 30.0 Å². The van der Waals surface area contributed by atoms with Crippen LogP contribution in [0.3, 0.4) is 0 Å². The molecule has 3 rings (SSSR count). The van der Waals surface area contributed by atoms with Crippen molar-refractivity contribution >= 4 is 44.7 Å². The minimum absolute atomic E-state index is 0.0590. The Hall–Kier alpha value is -3.46. The molecule has 1 atom stereocenters. The Morgan fingerprint density at radius 3 is 2.68 bits per heavy atom. The first-order chi connectivity index (χ1) is 13.4. The predicted octanol–water partition coefficient (Wildman–Crippen LogP) is 4.00. The fourth-order valence-electron chi connectivity index (χ4n) is 2.46. The molecule has 0 saturated carbocycles. The first kappa shape index (κ1) is 19.3. The number of ether oxygens (including phenoxy) is 2. The molecule has 144 valence electrons. The van der Waals surface area contributed by atoms with Gasteiger partial charge in [0, 0.05) is 34.0 Å².